The lowest BCUT2D eigenvalue weighted by Gasteiger charge is -2.26. The van der Waals surface area contributed by atoms with Gasteiger partial charge in [0.05, 0.1) is 5.56 Å². The quantitative estimate of drug-likeness (QED) is 0.394. The van der Waals surface area contributed by atoms with Crippen LogP contribution < -0.4 is 4.74 Å². The van der Waals surface area contributed by atoms with Gasteiger partial charge in [0.25, 0.3) is 0 Å². The Morgan fingerprint density at radius 3 is 2.00 bits per heavy atom. The molecule has 0 aliphatic heterocycles. The van der Waals surface area contributed by atoms with Crippen molar-refractivity contribution in [2.24, 2.45) is 0 Å². The molecular weight excluding hydrogens is 373 g/mol. The van der Waals surface area contributed by atoms with E-state index in [1.165, 1.54) is 17.7 Å². The molecule has 0 bridgehead atoms. The highest BCUT2D eigenvalue weighted by atomic mass is 19.4. The van der Waals surface area contributed by atoms with Crippen LogP contribution in [0.1, 0.15) is 43.4 Å². The molecular formula is C25H25F3O. The van der Waals surface area contributed by atoms with Gasteiger partial charge in [0.1, 0.15) is 11.5 Å². The molecule has 0 heterocycles. The van der Waals surface area contributed by atoms with Gasteiger partial charge in [-0.15, -0.1) is 0 Å². The number of alkyl halides is 3. The third kappa shape index (κ3) is 5.86. The van der Waals surface area contributed by atoms with Crippen LogP contribution in [-0.4, -0.2) is 0 Å². The second-order valence-electron chi connectivity index (χ2n) is 7.88. The van der Waals surface area contributed by atoms with Crippen molar-refractivity contribution in [3.05, 3.63) is 95.6 Å². The van der Waals surface area contributed by atoms with E-state index in [-0.39, 0.29) is 5.41 Å². The molecule has 1 nitrogen and oxygen atoms in total. The summed E-state index contributed by atoms with van der Waals surface area (Å²) in [6.07, 6.45) is -1.60. The number of para-hydroxylation sites is 1. The summed E-state index contributed by atoms with van der Waals surface area (Å²) in [5, 5.41) is 0. The lowest BCUT2D eigenvalue weighted by atomic mass is 9.79. The van der Waals surface area contributed by atoms with Crippen LogP contribution in [0.5, 0.6) is 11.5 Å². The predicted molar refractivity (Wildman–Crippen MR) is 110 cm³/mol. The Morgan fingerprint density at radius 1 is 0.724 bits per heavy atom. The van der Waals surface area contributed by atoms with E-state index in [0.717, 1.165) is 36.3 Å². The maximum atomic E-state index is 12.8. The van der Waals surface area contributed by atoms with E-state index in [4.69, 9.17) is 4.74 Å². The molecule has 3 aromatic rings. The molecule has 0 aromatic heterocycles. The van der Waals surface area contributed by atoms with Crippen LogP contribution in [0, 0.1) is 0 Å². The summed E-state index contributed by atoms with van der Waals surface area (Å²) >= 11 is 0. The molecule has 0 fully saturated rings. The minimum atomic E-state index is -4.30. The van der Waals surface area contributed by atoms with Gasteiger partial charge >= 0.3 is 6.18 Å². The zero-order valence-electron chi connectivity index (χ0n) is 16.7. The number of hydrogen-bond donors (Lipinski definition) is 0. The largest absolute Gasteiger partial charge is 0.457 e. The number of ether oxygens (including phenoxy) is 1. The van der Waals surface area contributed by atoms with E-state index >= 15 is 0 Å². The molecule has 0 atom stereocenters. The lowest BCUT2D eigenvalue weighted by Crippen LogP contribution is -2.18. The van der Waals surface area contributed by atoms with Crippen LogP contribution in [0.15, 0.2) is 78.9 Å². The van der Waals surface area contributed by atoms with Crippen LogP contribution in [0.3, 0.4) is 0 Å². The normalized spacial score (nSPS) is 12.0. The molecule has 0 unspecified atom stereocenters. The van der Waals surface area contributed by atoms with Crippen molar-refractivity contribution in [3.8, 4) is 11.5 Å². The Labute approximate surface area is 170 Å². The van der Waals surface area contributed by atoms with E-state index in [0.29, 0.717) is 0 Å². The minimum absolute atomic E-state index is 0.192. The van der Waals surface area contributed by atoms with E-state index in [9.17, 15) is 13.2 Å². The first-order valence-electron chi connectivity index (χ1n) is 9.74. The summed E-state index contributed by atoms with van der Waals surface area (Å²) in [6.45, 7) is 4.15. The fourth-order valence-corrected chi connectivity index (χ4v) is 3.38. The van der Waals surface area contributed by atoms with E-state index in [1.807, 2.05) is 48.5 Å². The molecule has 4 heteroatoms. The number of rotatable bonds is 7. The summed E-state index contributed by atoms with van der Waals surface area (Å²) < 4.78 is 44.2. The molecule has 0 saturated carbocycles. The highest BCUT2D eigenvalue weighted by Gasteiger charge is 2.31. The van der Waals surface area contributed by atoms with Gasteiger partial charge in [-0.1, -0.05) is 56.3 Å². The molecule has 0 amide bonds. The average Bonchev–Trinajstić information content (AvgIpc) is 2.68. The highest BCUT2D eigenvalue weighted by Crippen LogP contribution is 2.33. The summed E-state index contributed by atoms with van der Waals surface area (Å²) in [5.41, 5.74) is 1.31. The fourth-order valence-electron chi connectivity index (χ4n) is 3.38. The zero-order chi connectivity index (χ0) is 20.9. The van der Waals surface area contributed by atoms with Gasteiger partial charge < -0.3 is 4.74 Å². The van der Waals surface area contributed by atoms with Crippen LogP contribution in [0.4, 0.5) is 13.2 Å². The molecule has 152 valence electrons. The van der Waals surface area contributed by atoms with Gasteiger partial charge in [0, 0.05) is 0 Å². The number of aryl methyl sites for hydroxylation is 1. The van der Waals surface area contributed by atoms with E-state index in [2.05, 4.69) is 19.9 Å². The molecule has 3 rings (SSSR count). The number of benzene rings is 3. The molecule has 0 saturated heterocycles. The molecule has 0 N–H and O–H groups in total. The van der Waals surface area contributed by atoms with Gasteiger partial charge in [-0.2, -0.15) is 13.2 Å². The van der Waals surface area contributed by atoms with Crippen molar-refractivity contribution in [1.29, 1.82) is 0 Å². The molecule has 3 aromatic carbocycles. The van der Waals surface area contributed by atoms with Gasteiger partial charge in [-0.3, -0.25) is 0 Å². The van der Waals surface area contributed by atoms with Crippen molar-refractivity contribution in [2.75, 3.05) is 0 Å². The second-order valence-corrected chi connectivity index (χ2v) is 7.88. The molecule has 0 radical (unpaired) electrons. The van der Waals surface area contributed by atoms with Crippen molar-refractivity contribution in [1.82, 2.24) is 0 Å². The van der Waals surface area contributed by atoms with Crippen molar-refractivity contribution in [2.45, 2.75) is 44.7 Å². The Kier molecular flexibility index (Phi) is 6.31. The van der Waals surface area contributed by atoms with Gasteiger partial charge in [-0.05, 0) is 72.2 Å². The van der Waals surface area contributed by atoms with Gasteiger partial charge in [0.15, 0.2) is 0 Å². The molecule has 0 spiro atoms. The highest BCUT2D eigenvalue weighted by molar-refractivity contribution is 5.34. The topological polar surface area (TPSA) is 9.23 Å². The van der Waals surface area contributed by atoms with Crippen LogP contribution in [-0.2, 0) is 18.0 Å². The minimum Gasteiger partial charge on any atom is -0.457 e. The fraction of sp³-hybridized carbons (Fsp3) is 0.280. The predicted octanol–water partition coefficient (Wildman–Crippen LogP) is 7.80. The summed E-state index contributed by atoms with van der Waals surface area (Å²) in [6, 6.07) is 23.2. The number of hydrogen-bond acceptors (Lipinski definition) is 1. The average molecular weight is 398 g/mol. The zero-order valence-corrected chi connectivity index (χ0v) is 16.7. The van der Waals surface area contributed by atoms with Crippen molar-refractivity contribution in [3.63, 3.8) is 0 Å². The summed E-state index contributed by atoms with van der Waals surface area (Å²) in [5.74, 6) is 1.60. The maximum Gasteiger partial charge on any atom is 0.416 e. The standard InChI is InChI=1S/C25H25F3O/c1-24(2,20-13-15-21(16-14-20)25(26,27)28)17-7-9-19-8-6-12-23(18-19)29-22-10-4-3-5-11-22/h3-6,8,10-16,18H,7,9,17H2,1-2H3. The Bertz CT molecular complexity index is 913. The van der Waals surface area contributed by atoms with Crippen molar-refractivity contribution >= 4 is 0 Å². The summed E-state index contributed by atoms with van der Waals surface area (Å²) in [7, 11) is 0. The van der Waals surface area contributed by atoms with Crippen LogP contribution >= 0.6 is 0 Å². The monoisotopic (exact) mass is 398 g/mol. The number of halogens is 3. The molecule has 29 heavy (non-hydrogen) atoms. The van der Waals surface area contributed by atoms with Gasteiger partial charge in [-0.25, -0.2) is 0 Å². The van der Waals surface area contributed by atoms with Crippen LogP contribution in [0.25, 0.3) is 0 Å². The first-order valence-corrected chi connectivity index (χ1v) is 9.74. The Morgan fingerprint density at radius 2 is 1.34 bits per heavy atom. The maximum absolute atomic E-state index is 12.8. The lowest BCUT2D eigenvalue weighted by molar-refractivity contribution is -0.137. The smallest absolute Gasteiger partial charge is 0.416 e. The summed E-state index contributed by atoms with van der Waals surface area (Å²) in [4.78, 5) is 0. The van der Waals surface area contributed by atoms with Crippen LogP contribution in [0.2, 0.25) is 0 Å². The van der Waals surface area contributed by atoms with E-state index in [1.54, 1.807) is 12.1 Å². The second kappa shape index (κ2) is 8.73. The SMILES string of the molecule is CC(C)(CCCc1cccc(Oc2ccccc2)c1)c1ccc(C(F)(F)F)cc1. The Balaban J connectivity index is 1.58. The Hall–Kier alpha value is -2.75. The molecule has 0 aliphatic rings. The van der Waals surface area contributed by atoms with E-state index < -0.39 is 11.7 Å². The third-order valence-corrected chi connectivity index (χ3v) is 5.14. The third-order valence-electron chi connectivity index (χ3n) is 5.14. The first kappa shape index (κ1) is 21.0. The molecule has 0 aliphatic carbocycles. The first-order chi connectivity index (χ1) is 13.7. The van der Waals surface area contributed by atoms with Crippen molar-refractivity contribution < 1.29 is 17.9 Å². The van der Waals surface area contributed by atoms with Gasteiger partial charge in [0.2, 0.25) is 0 Å².